The first kappa shape index (κ1) is 15.3. The number of hydrogen-bond donors (Lipinski definition) is 2. The number of aliphatic hydroxyl groups excluding tert-OH is 1. The molecule has 0 bridgehead atoms. The molecule has 0 saturated heterocycles. The highest BCUT2D eigenvalue weighted by Crippen LogP contribution is 2.07. The molecule has 0 aliphatic heterocycles. The summed E-state index contributed by atoms with van der Waals surface area (Å²) in [7, 11) is -2.63. The zero-order valence-electron chi connectivity index (χ0n) is 9.93. The predicted molar refractivity (Wildman–Crippen MR) is 59.2 cm³/mol. The molecule has 0 spiro atoms. The minimum absolute atomic E-state index is 0.129. The second kappa shape index (κ2) is 6.17. The van der Waals surface area contributed by atoms with Gasteiger partial charge in [0.2, 0.25) is 10.0 Å². The fourth-order valence-corrected chi connectivity index (χ4v) is 2.23. The molecule has 0 aromatic rings. The highest BCUT2D eigenvalue weighted by atomic mass is 32.2. The molecule has 96 valence electrons. The maximum Gasteiger partial charge on any atom is 0.325 e. The van der Waals surface area contributed by atoms with Crippen molar-refractivity contribution in [1.29, 1.82) is 0 Å². The Morgan fingerprint density at radius 2 is 1.88 bits per heavy atom. The molecule has 0 radical (unpaired) electrons. The Hall–Kier alpha value is -0.660. The summed E-state index contributed by atoms with van der Waals surface area (Å²) in [6, 6.07) is -0.442. The van der Waals surface area contributed by atoms with Crippen LogP contribution in [0.3, 0.4) is 0 Å². The number of carbonyl (C=O) groups excluding carboxylic acids is 1. The Balaban J connectivity index is 4.64. The average Bonchev–Trinajstić information content (AvgIpc) is 2.24. The van der Waals surface area contributed by atoms with Gasteiger partial charge in [-0.3, -0.25) is 4.79 Å². The first-order valence-corrected chi connectivity index (χ1v) is 6.50. The molecule has 0 aromatic carbocycles. The predicted octanol–water partition coefficient (Wildman–Crippen LogP) is -0.516. The number of aliphatic hydroxyl groups is 1. The van der Waals surface area contributed by atoms with Crippen LogP contribution in [0.4, 0.5) is 0 Å². The molecule has 3 unspecified atom stereocenters. The normalized spacial score (nSPS) is 17.6. The zero-order chi connectivity index (χ0) is 12.9. The Labute approximate surface area is 96.0 Å². The molecule has 0 fully saturated rings. The molecule has 0 aromatic heterocycles. The number of nitrogens with one attached hydrogen (secondary N) is 1. The van der Waals surface area contributed by atoms with E-state index in [0.717, 1.165) is 7.11 Å². The van der Waals surface area contributed by atoms with Crippen LogP contribution in [-0.4, -0.2) is 44.5 Å². The third-order valence-corrected chi connectivity index (χ3v) is 4.31. The van der Waals surface area contributed by atoms with Gasteiger partial charge >= 0.3 is 5.97 Å². The first-order chi connectivity index (χ1) is 7.26. The fourth-order valence-electron chi connectivity index (χ4n) is 0.928. The van der Waals surface area contributed by atoms with Crippen molar-refractivity contribution in [2.75, 3.05) is 13.7 Å². The topological polar surface area (TPSA) is 92.7 Å². The molecule has 0 amide bonds. The van der Waals surface area contributed by atoms with Crippen molar-refractivity contribution in [2.24, 2.45) is 5.92 Å². The lowest BCUT2D eigenvalue weighted by atomic mass is 10.1. The minimum Gasteiger partial charge on any atom is -0.468 e. The highest BCUT2D eigenvalue weighted by Gasteiger charge is 2.30. The van der Waals surface area contributed by atoms with Gasteiger partial charge in [0.15, 0.2) is 5.25 Å². The average molecular weight is 253 g/mol. The van der Waals surface area contributed by atoms with Crippen LogP contribution in [0.25, 0.3) is 0 Å². The van der Waals surface area contributed by atoms with Crippen LogP contribution in [-0.2, 0) is 19.6 Å². The Kier molecular flexibility index (Phi) is 5.91. The Morgan fingerprint density at radius 3 is 2.25 bits per heavy atom. The van der Waals surface area contributed by atoms with Gasteiger partial charge in [-0.2, -0.15) is 0 Å². The summed E-state index contributed by atoms with van der Waals surface area (Å²) in [5.74, 6) is -1.03. The number of sulfonamides is 1. The summed E-state index contributed by atoms with van der Waals surface area (Å²) >= 11 is 0. The van der Waals surface area contributed by atoms with Crippen LogP contribution in [0.1, 0.15) is 20.8 Å². The van der Waals surface area contributed by atoms with Gasteiger partial charge in [-0.15, -0.1) is 0 Å². The molecule has 0 saturated carbocycles. The van der Waals surface area contributed by atoms with Gasteiger partial charge in [-0.25, -0.2) is 13.1 Å². The fraction of sp³-hybridized carbons (Fsp3) is 0.889. The summed E-state index contributed by atoms with van der Waals surface area (Å²) in [6.07, 6.45) is 0. The molecule has 0 heterocycles. The first-order valence-electron chi connectivity index (χ1n) is 4.96. The van der Waals surface area contributed by atoms with Crippen LogP contribution in [0.15, 0.2) is 0 Å². The molecule has 0 aliphatic rings. The molecular weight excluding hydrogens is 234 g/mol. The number of rotatable bonds is 6. The lowest BCUT2D eigenvalue weighted by Gasteiger charge is -2.21. The van der Waals surface area contributed by atoms with Crippen molar-refractivity contribution in [3.8, 4) is 0 Å². The van der Waals surface area contributed by atoms with Gasteiger partial charge in [0.1, 0.15) is 0 Å². The number of hydrogen-bond acceptors (Lipinski definition) is 5. The largest absolute Gasteiger partial charge is 0.468 e. The number of carbonyl (C=O) groups is 1. The van der Waals surface area contributed by atoms with Crippen molar-refractivity contribution in [3.63, 3.8) is 0 Å². The monoisotopic (exact) mass is 253 g/mol. The van der Waals surface area contributed by atoms with E-state index in [1.165, 1.54) is 6.92 Å². The van der Waals surface area contributed by atoms with E-state index in [1.54, 1.807) is 13.8 Å². The molecule has 2 N–H and O–H groups in total. The summed E-state index contributed by atoms with van der Waals surface area (Å²) in [4.78, 5) is 11.1. The number of methoxy groups -OCH3 is 1. The molecular formula is C9H19NO5S. The molecule has 3 atom stereocenters. The summed E-state index contributed by atoms with van der Waals surface area (Å²) < 4.78 is 30.0. The van der Waals surface area contributed by atoms with E-state index in [2.05, 4.69) is 9.46 Å². The van der Waals surface area contributed by atoms with Gasteiger partial charge < -0.3 is 9.84 Å². The van der Waals surface area contributed by atoms with Crippen molar-refractivity contribution in [1.82, 2.24) is 4.72 Å². The van der Waals surface area contributed by atoms with Crippen LogP contribution in [0.5, 0.6) is 0 Å². The van der Waals surface area contributed by atoms with Crippen LogP contribution in [0.2, 0.25) is 0 Å². The van der Waals surface area contributed by atoms with Gasteiger partial charge in [0.25, 0.3) is 0 Å². The lowest BCUT2D eigenvalue weighted by Crippen LogP contribution is -2.45. The summed E-state index contributed by atoms with van der Waals surface area (Å²) in [5, 5.41) is 7.61. The Morgan fingerprint density at radius 1 is 1.38 bits per heavy atom. The molecule has 0 rings (SSSR count). The van der Waals surface area contributed by atoms with Crippen LogP contribution >= 0.6 is 0 Å². The van der Waals surface area contributed by atoms with Crippen molar-refractivity contribution in [2.45, 2.75) is 32.1 Å². The number of ether oxygens (including phenoxy) is 1. The SMILES string of the molecule is COC(=O)C(C)S(=O)(=O)NC(C)C(C)CO. The van der Waals surface area contributed by atoms with Gasteiger partial charge in [0, 0.05) is 12.6 Å². The van der Waals surface area contributed by atoms with Gasteiger partial charge in [-0.05, 0) is 19.8 Å². The van der Waals surface area contributed by atoms with Gasteiger partial charge in [-0.1, -0.05) is 6.92 Å². The van der Waals surface area contributed by atoms with E-state index < -0.39 is 27.3 Å². The quantitative estimate of drug-likeness (QED) is 0.622. The van der Waals surface area contributed by atoms with Gasteiger partial charge in [0.05, 0.1) is 7.11 Å². The van der Waals surface area contributed by atoms with E-state index in [0.29, 0.717) is 0 Å². The minimum atomic E-state index is -3.76. The molecule has 6 nitrogen and oxygen atoms in total. The summed E-state index contributed by atoms with van der Waals surface area (Å²) in [5.41, 5.74) is 0. The standard InChI is InChI=1S/C9H19NO5S/c1-6(5-11)7(2)10-16(13,14)8(3)9(12)15-4/h6-8,10-11H,5H2,1-4H3. The maximum atomic E-state index is 11.7. The third-order valence-electron chi connectivity index (χ3n) is 2.49. The van der Waals surface area contributed by atoms with E-state index in [1.807, 2.05) is 0 Å². The van der Waals surface area contributed by atoms with E-state index in [4.69, 9.17) is 5.11 Å². The molecule has 16 heavy (non-hydrogen) atoms. The third kappa shape index (κ3) is 4.07. The Bertz CT molecular complexity index is 327. The highest BCUT2D eigenvalue weighted by molar-refractivity contribution is 7.90. The summed E-state index contributed by atoms with van der Waals surface area (Å²) in [6.45, 7) is 4.46. The molecule has 0 aliphatic carbocycles. The number of esters is 1. The van der Waals surface area contributed by atoms with E-state index in [9.17, 15) is 13.2 Å². The maximum absolute atomic E-state index is 11.7. The smallest absolute Gasteiger partial charge is 0.325 e. The van der Waals surface area contributed by atoms with Crippen molar-refractivity contribution < 1.29 is 23.1 Å². The van der Waals surface area contributed by atoms with Crippen molar-refractivity contribution in [3.05, 3.63) is 0 Å². The van der Waals surface area contributed by atoms with E-state index in [-0.39, 0.29) is 12.5 Å². The second-order valence-electron chi connectivity index (χ2n) is 3.78. The van der Waals surface area contributed by atoms with Crippen LogP contribution < -0.4 is 4.72 Å². The van der Waals surface area contributed by atoms with Crippen LogP contribution in [0, 0.1) is 5.92 Å². The van der Waals surface area contributed by atoms with E-state index >= 15 is 0 Å². The van der Waals surface area contributed by atoms with Crippen molar-refractivity contribution >= 4 is 16.0 Å². The zero-order valence-corrected chi connectivity index (χ0v) is 10.7. The second-order valence-corrected chi connectivity index (χ2v) is 5.81. The lowest BCUT2D eigenvalue weighted by molar-refractivity contribution is -0.139. The molecule has 7 heteroatoms.